The molecule has 140 valence electrons. The Kier molecular flexibility index (Phi) is 4.15. The first-order valence-electron chi connectivity index (χ1n) is 8.37. The Hall–Kier alpha value is -3.61. The van der Waals surface area contributed by atoms with Crippen LogP contribution in [0.4, 0.5) is 18.9 Å². The highest BCUT2D eigenvalue weighted by Crippen LogP contribution is 2.44. The molecule has 2 heterocycles. The zero-order chi connectivity index (χ0) is 19.9. The van der Waals surface area contributed by atoms with Crippen molar-refractivity contribution in [1.82, 2.24) is 4.40 Å². The van der Waals surface area contributed by atoms with E-state index >= 15 is 0 Å². The molecule has 4 nitrogen and oxygen atoms in total. The minimum atomic E-state index is -4.60. The van der Waals surface area contributed by atoms with Gasteiger partial charge in [0.15, 0.2) is 0 Å². The number of nitro groups is 1. The summed E-state index contributed by atoms with van der Waals surface area (Å²) in [4.78, 5) is 10.2. The Balaban J connectivity index is 1.96. The summed E-state index contributed by atoms with van der Waals surface area (Å²) in [5.74, 6) is 0. The SMILES string of the molecule is O=[N+]([O-])c1ccc(-c2cccc(-c3ccn4ccccc34)c2C(F)(F)F)cc1. The first-order chi connectivity index (χ1) is 13.4. The maximum absolute atomic E-state index is 14.1. The lowest BCUT2D eigenvalue weighted by Crippen LogP contribution is -2.09. The van der Waals surface area contributed by atoms with Crippen LogP contribution in [-0.4, -0.2) is 9.32 Å². The van der Waals surface area contributed by atoms with Crippen molar-refractivity contribution < 1.29 is 18.1 Å². The first kappa shape index (κ1) is 17.8. The van der Waals surface area contributed by atoms with Crippen LogP contribution in [0.3, 0.4) is 0 Å². The maximum Gasteiger partial charge on any atom is 0.417 e. The number of nitrogens with zero attached hydrogens (tertiary/aromatic N) is 2. The highest BCUT2D eigenvalue weighted by molar-refractivity contribution is 5.87. The van der Waals surface area contributed by atoms with Crippen LogP contribution in [0.25, 0.3) is 27.8 Å². The van der Waals surface area contributed by atoms with Crippen molar-refractivity contribution in [1.29, 1.82) is 0 Å². The van der Waals surface area contributed by atoms with E-state index in [1.54, 1.807) is 47.1 Å². The van der Waals surface area contributed by atoms with Crippen LogP contribution in [0.15, 0.2) is 79.1 Å². The molecule has 0 saturated carbocycles. The molecule has 28 heavy (non-hydrogen) atoms. The summed E-state index contributed by atoms with van der Waals surface area (Å²) in [6, 6.07) is 16.5. The molecule has 0 bridgehead atoms. The number of benzene rings is 2. The molecule has 4 aromatic rings. The summed E-state index contributed by atoms with van der Waals surface area (Å²) in [5.41, 5.74) is 0.508. The molecule has 0 aliphatic rings. The summed E-state index contributed by atoms with van der Waals surface area (Å²) >= 11 is 0. The number of pyridine rings is 1. The molecule has 0 spiro atoms. The number of alkyl halides is 3. The number of non-ortho nitro benzene ring substituents is 1. The van der Waals surface area contributed by atoms with Crippen LogP contribution in [-0.2, 0) is 6.18 Å². The van der Waals surface area contributed by atoms with E-state index in [1.165, 1.54) is 36.4 Å². The van der Waals surface area contributed by atoms with Gasteiger partial charge in [-0.05, 0) is 47.0 Å². The monoisotopic (exact) mass is 382 g/mol. The fraction of sp³-hybridized carbons (Fsp3) is 0.0476. The molecule has 0 fully saturated rings. The van der Waals surface area contributed by atoms with E-state index in [1.807, 2.05) is 0 Å². The quantitative estimate of drug-likeness (QED) is 0.313. The molecule has 0 amide bonds. The number of hydrogen-bond acceptors (Lipinski definition) is 2. The van der Waals surface area contributed by atoms with Gasteiger partial charge in [-0.25, -0.2) is 0 Å². The lowest BCUT2D eigenvalue weighted by atomic mass is 9.91. The van der Waals surface area contributed by atoms with E-state index in [9.17, 15) is 23.3 Å². The largest absolute Gasteiger partial charge is 0.417 e. The molecule has 0 N–H and O–H groups in total. The van der Waals surface area contributed by atoms with E-state index < -0.39 is 16.7 Å². The summed E-state index contributed by atoms with van der Waals surface area (Å²) in [6.45, 7) is 0. The van der Waals surface area contributed by atoms with Gasteiger partial charge in [0.1, 0.15) is 0 Å². The van der Waals surface area contributed by atoms with Gasteiger partial charge in [0, 0.05) is 30.1 Å². The molecule has 0 atom stereocenters. The molecule has 2 aromatic heterocycles. The normalized spacial score (nSPS) is 11.7. The predicted molar refractivity (Wildman–Crippen MR) is 99.9 cm³/mol. The Bertz CT molecular complexity index is 1180. The number of hydrogen-bond donors (Lipinski definition) is 0. The van der Waals surface area contributed by atoms with Gasteiger partial charge < -0.3 is 4.40 Å². The van der Waals surface area contributed by atoms with Crippen LogP contribution in [0.5, 0.6) is 0 Å². The molecular formula is C21H13F3N2O2. The highest BCUT2D eigenvalue weighted by atomic mass is 19.4. The zero-order valence-corrected chi connectivity index (χ0v) is 14.4. The van der Waals surface area contributed by atoms with Crippen molar-refractivity contribution in [3.63, 3.8) is 0 Å². The van der Waals surface area contributed by atoms with Gasteiger partial charge >= 0.3 is 6.18 Å². The summed E-state index contributed by atoms with van der Waals surface area (Å²) < 4.78 is 44.0. The number of rotatable bonds is 3. The third kappa shape index (κ3) is 3.00. The third-order valence-electron chi connectivity index (χ3n) is 4.60. The van der Waals surface area contributed by atoms with Crippen LogP contribution < -0.4 is 0 Å². The van der Waals surface area contributed by atoms with Gasteiger partial charge in [0.05, 0.1) is 16.0 Å². The first-order valence-corrected chi connectivity index (χ1v) is 8.37. The summed E-state index contributed by atoms with van der Waals surface area (Å²) in [5, 5.41) is 10.8. The van der Waals surface area contributed by atoms with Crippen molar-refractivity contribution in [2.24, 2.45) is 0 Å². The molecule has 0 aliphatic heterocycles. The lowest BCUT2D eigenvalue weighted by Gasteiger charge is -2.17. The van der Waals surface area contributed by atoms with E-state index in [2.05, 4.69) is 0 Å². The fourth-order valence-electron chi connectivity index (χ4n) is 3.37. The smallest absolute Gasteiger partial charge is 0.323 e. The minimum absolute atomic E-state index is 0.0184. The molecule has 2 aromatic carbocycles. The van der Waals surface area contributed by atoms with Crippen LogP contribution in [0.2, 0.25) is 0 Å². The van der Waals surface area contributed by atoms with Crippen LogP contribution in [0.1, 0.15) is 5.56 Å². The van der Waals surface area contributed by atoms with Crippen molar-refractivity contribution in [3.8, 4) is 22.3 Å². The van der Waals surface area contributed by atoms with Gasteiger partial charge in [-0.15, -0.1) is 0 Å². The topological polar surface area (TPSA) is 47.5 Å². The number of halogens is 3. The van der Waals surface area contributed by atoms with Gasteiger partial charge in [0.2, 0.25) is 0 Å². The molecule has 4 rings (SSSR count). The highest BCUT2D eigenvalue weighted by Gasteiger charge is 2.37. The molecule has 7 heteroatoms. The Morgan fingerprint density at radius 3 is 2.18 bits per heavy atom. The van der Waals surface area contributed by atoms with Crippen molar-refractivity contribution >= 4 is 11.2 Å². The number of fused-ring (bicyclic) bond motifs is 1. The van der Waals surface area contributed by atoms with Gasteiger partial charge in [-0.2, -0.15) is 13.2 Å². The second-order valence-corrected chi connectivity index (χ2v) is 6.25. The fourth-order valence-corrected chi connectivity index (χ4v) is 3.37. The van der Waals surface area contributed by atoms with Crippen molar-refractivity contribution in [3.05, 3.63) is 94.8 Å². The average molecular weight is 382 g/mol. The van der Waals surface area contributed by atoms with E-state index in [4.69, 9.17) is 0 Å². The molecule has 0 unspecified atom stereocenters. The minimum Gasteiger partial charge on any atom is -0.323 e. The molecular weight excluding hydrogens is 369 g/mol. The maximum atomic E-state index is 14.1. The third-order valence-corrected chi connectivity index (χ3v) is 4.60. The Morgan fingerprint density at radius 2 is 1.50 bits per heavy atom. The predicted octanol–water partition coefficient (Wildman–Crippen LogP) is 6.20. The molecule has 0 radical (unpaired) electrons. The average Bonchev–Trinajstić information content (AvgIpc) is 3.11. The van der Waals surface area contributed by atoms with Gasteiger partial charge in [0.25, 0.3) is 5.69 Å². The summed E-state index contributed by atoms with van der Waals surface area (Å²) in [6.07, 6.45) is -1.12. The molecule has 0 aliphatic carbocycles. The summed E-state index contributed by atoms with van der Waals surface area (Å²) in [7, 11) is 0. The molecule has 0 saturated heterocycles. The second-order valence-electron chi connectivity index (χ2n) is 6.25. The van der Waals surface area contributed by atoms with Crippen LogP contribution >= 0.6 is 0 Å². The second kappa shape index (κ2) is 6.53. The van der Waals surface area contributed by atoms with E-state index in [-0.39, 0.29) is 22.4 Å². The number of nitro benzene ring substituents is 1. The van der Waals surface area contributed by atoms with Crippen molar-refractivity contribution in [2.75, 3.05) is 0 Å². The van der Waals surface area contributed by atoms with Gasteiger partial charge in [-0.3, -0.25) is 10.1 Å². The van der Waals surface area contributed by atoms with E-state index in [0.29, 0.717) is 11.1 Å². The Labute approximate surface area is 157 Å². The van der Waals surface area contributed by atoms with Crippen molar-refractivity contribution in [2.45, 2.75) is 6.18 Å². The standard InChI is InChI=1S/C21H13F3N2O2/c22-21(23,24)20-16(14-7-9-15(10-8-14)26(27)28)4-3-5-18(20)17-11-13-25-12-2-1-6-19(17)25/h1-13H. The number of aromatic nitrogens is 1. The zero-order valence-electron chi connectivity index (χ0n) is 14.4. The van der Waals surface area contributed by atoms with E-state index in [0.717, 1.165) is 0 Å². The van der Waals surface area contributed by atoms with Crippen LogP contribution in [0, 0.1) is 10.1 Å². The Morgan fingerprint density at radius 1 is 0.786 bits per heavy atom. The lowest BCUT2D eigenvalue weighted by molar-refractivity contribution is -0.384. The van der Waals surface area contributed by atoms with Gasteiger partial charge in [-0.1, -0.05) is 24.3 Å².